The van der Waals surface area contributed by atoms with Crippen LogP contribution < -0.4 is 10.1 Å². The second-order valence-electron chi connectivity index (χ2n) is 4.94. The Morgan fingerprint density at radius 3 is 2.80 bits per heavy atom. The van der Waals surface area contributed by atoms with E-state index >= 15 is 0 Å². The molecule has 4 nitrogen and oxygen atoms in total. The van der Waals surface area contributed by atoms with Gasteiger partial charge in [-0.3, -0.25) is 4.79 Å². The van der Waals surface area contributed by atoms with Gasteiger partial charge in [0.1, 0.15) is 5.75 Å². The van der Waals surface area contributed by atoms with Gasteiger partial charge in [-0.2, -0.15) is 0 Å². The molecule has 0 aliphatic carbocycles. The van der Waals surface area contributed by atoms with Crippen LogP contribution in [0.4, 0.5) is 0 Å². The van der Waals surface area contributed by atoms with Crippen LogP contribution in [-0.2, 0) is 9.53 Å². The maximum atomic E-state index is 11.8. The number of benzene rings is 1. The van der Waals surface area contributed by atoms with Gasteiger partial charge in [-0.25, -0.2) is 0 Å². The first-order chi connectivity index (χ1) is 9.69. The van der Waals surface area contributed by atoms with E-state index < -0.39 is 0 Å². The van der Waals surface area contributed by atoms with Crippen molar-refractivity contribution in [3.63, 3.8) is 0 Å². The molecule has 108 valence electrons. The van der Waals surface area contributed by atoms with Crippen LogP contribution in [-0.4, -0.2) is 32.3 Å². The molecule has 1 aromatic carbocycles. The Labute approximate surface area is 119 Å². The normalized spacial score (nSPS) is 18.9. The monoisotopic (exact) mass is 275 g/mol. The summed E-state index contributed by atoms with van der Waals surface area (Å²) >= 11 is 0. The van der Waals surface area contributed by atoms with Crippen molar-refractivity contribution in [3.8, 4) is 5.75 Å². The van der Waals surface area contributed by atoms with Crippen LogP contribution in [0, 0.1) is 0 Å². The fraction of sp³-hybridized carbons (Fsp3) is 0.438. The third-order valence-electron chi connectivity index (χ3n) is 3.42. The summed E-state index contributed by atoms with van der Waals surface area (Å²) in [5.74, 6) is 0.734. The molecule has 0 saturated carbocycles. The lowest BCUT2D eigenvalue weighted by molar-refractivity contribution is -0.116. The second kappa shape index (κ2) is 7.10. The highest BCUT2D eigenvalue weighted by molar-refractivity contribution is 5.94. The molecule has 1 aliphatic rings. The van der Waals surface area contributed by atoms with Crippen molar-refractivity contribution in [2.24, 2.45) is 0 Å². The maximum absolute atomic E-state index is 11.8. The molecule has 0 radical (unpaired) electrons. The maximum Gasteiger partial charge on any atom is 0.244 e. The van der Waals surface area contributed by atoms with Gasteiger partial charge >= 0.3 is 0 Å². The first-order valence-electron chi connectivity index (χ1n) is 6.91. The van der Waals surface area contributed by atoms with Gasteiger partial charge < -0.3 is 14.8 Å². The SMILES string of the molecule is COc1ccc(/C(C)=C/C(=O)NCC2CCCO2)cc1. The number of allylic oxidation sites excluding steroid dienone is 1. The highest BCUT2D eigenvalue weighted by atomic mass is 16.5. The highest BCUT2D eigenvalue weighted by Gasteiger charge is 2.15. The molecule has 1 N–H and O–H groups in total. The molecule has 20 heavy (non-hydrogen) atoms. The number of carbonyl (C=O) groups excluding carboxylic acids is 1. The van der Waals surface area contributed by atoms with E-state index in [9.17, 15) is 4.79 Å². The predicted octanol–water partition coefficient (Wildman–Crippen LogP) is 2.39. The Kier molecular flexibility index (Phi) is 5.18. The van der Waals surface area contributed by atoms with E-state index in [2.05, 4.69) is 5.32 Å². The van der Waals surface area contributed by atoms with Gasteiger partial charge in [0.15, 0.2) is 0 Å². The van der Waals surface area contributed by atoms with E-state index in [4.69, 9.17) is 9.47 Å². The standard InChI is InChI=1S/C16H21NO3/c1-12(13-5-7-14(19-2)8-6-13)10-16(18)17-11-15-4-3-9-20-15/h5-8,10,15H,3-4,9,11H2,1-2H3,(H,17,18)/b12-10+. The van der Waals surface area contributed by atoms with Gasteiger partial charge in [0.05, 0.1) is 13.2 Å². The van der Waals surface area contributed by atoms with Crippen molar-refractivity contribution >= 4 is 11.5 Å². The van der Waals surface area contributed by atoms with Gasteiger partial charge in [0, 0.05) is 19.2 Å². The average molecular weight is 275 g/mol. The number of hydrogen-bond donors (Lipinski definition) is 1. The molecule has 1 saturated heterocycles. The molecule has 1 aromatic rings. The minimum atomic E-state index is -0.0752. The zero-order valence-corrected chi connectivity index (χ0v) is 12.0. The molecule has 1 unspecified atom stereocenters. The summed E-state index contributed by atoms with van der Waals surface area (Å²) in [6, 6.07) is 7.66. The summed E-state index contributed by atoms with van der Waals surface area (Å²) in [6.07, 6.45) is 3.91. The van der Waals surface area contributed by atoms with Crippen LogP contribution in [0.2, 0.25) is 0 Å². The van der Waals surface area contributed by atoms with Crippen LogP contribution in [0.5, 0.6) is 5.75 Å². The first kappa shape index (κ1) is 14.6. The minimum absolute atomic E-state index is 0.0752. The van der Waals surface area contributed by atoms with E-state index in [0.717, 1.165) is 36.3 Å². The van der Waals surface area contributed by atoms with Crippen LogP contribution in [0.1, 0.15) is 25.3 Å². The lowest BCUT2D eigenvalue weighted by Gasteiger charge is -2.09. The van der Waals surface area contributed by atoms with Crippen molar-refractivity contribution in [1.82, 2.24) is 5.32 Å². The predicted molar refractivity (Wildman–Crippen MR) is 78.6 cm³/mol. The lowest BCUT2D eigenvalue weighted by Crippen LogP contribution is -2.30. The van der Waals surface area contributed by atoms with Crippen molar-refractivity contribution in [2.75, 3.05) is 20.3 Å². The summed E-state index contributed by atoms with van der Waals surface area (Å²) in [5, 5.41) is 2.88. The van der Waals surface area contributed by atoms with Gasteiger partial charge in [-0.05, 0) is 43.0 Å². The molecule has 1 amide bonds. The average Bonchev–Trinajstić information content (AvgIpc) is 2.98. The lowest BCUT2D eigenvalue weighted by atomic mass is 10.1. The van der Waals surface area contributed by atoms with E-state index in [1.54, 1.807) is 13.2 Å². The smallest absolute Gasteiger partial charge is 0.244 e. The number of amides is 1. The largest absolute Gasteiger partial charge is 0.497 e. The molecular formula is C16H21NO3. The Bertz CT molecular complexity index is 473. The van der Waals surface area contributed by atoms with Crippen molar-refractivity contribution in [3.05, 3.63) is 35.9 Å². The quantitative estimate of drug-likeness (QED) is 0.839. The number of carbonyl (C=O) groups is 1. The van der Waals surface area contributed by atoms with Gasteiger partial charge in [-0.1, -0.05) is 12.1 Å². The first-order valence-corrected chi connectivity index (χ1v) is 6.91. The molecule has 1 atom stereocenters. The molecular weight excluding hydrogens is 254 g/mol. The van der Waals surface area contributed by atoms with Crippen LogP contribution in [0.15, 0.2) is 30.3 Å². The van der Waals surface area contributed by atoms with Crippen LogP contribution in [0.25, 0.3) is 5.57 Å². The Balaban J connectivity index is 1.88. The molecule has 1 heterocycles. The highest BCUT2D eigenvalue weighted by Crippen LogP contribution is 2.18. The third kappa shape index (κ3) is 4.10. The molecule has 4 heteroatoms. The van der Waals surface area contributed by atoms with E-state index in [1.807, 2.05) is 31.2 Å². The minimum Gasteiger partial charge on any atom is -0.497 e. The van der Waals surface area contributed by atoms with E-state index in [0.29, 0.717) is 6.54 Å². The molecule has 1 aliphatic heterocycles. The summed E-state index contributed by atoms with van der Waals surface area (Å²) in [4.78, 5) is 11.8. The topological polar surface area (TPSA) is 47.6 Å². The molecule has 2 rings (SSSR count). The Hall–Kier alpha value is -1.81. The zero-order valence-electron chi connectivity index (χ0n) is 12.0. The van der Waals surface area contributed by atoms with Crippen molar-refractivity contribution < 1.29 is 14.3 Å². The number of rotatable bonds is 5. The number of nitrogens with one attached hydrogen (secondary N) is 1. The Morgan fingerprint density at radius 2 is 2.20 bits per heavy atom. The summed E-state index contributed by atoms with van der Waals surface area (Å²) < 4.78 is 10.6. The van der Waals surface area contributed by atoms with E-state index in [-0.39, 0.29) is 12.0 Å². The molecule has 0 spiro atoms. The van der Waals surface area contributed by atoms with Gasteiger partial charge in [-0.15, -0.1) is 0 Å². The molecule has 0 bridgehead atoms. The molecule has 0 aromatic heterocycles. The Morgan fingerprint density at radius 1 is 1.45 bits per heavy atom. The van der Waals surface area contributed by atoms with Crippen molar-refractivity contribution in [1.29, 1.82) is 0 Å². The second-order valence-corrected chi connectivity index (χ2v) is 4.94. The molecule has 1 fully saturated rings. The third-order valence-corrected chi connectivity index (χ3v) is 3.42. The van der Waals surface area contributed by atoms with E-state index in [1.165, 1.54) is 0 Å². The van der Waals surface area contributed by atoms with Gasteiger partial charge in [0.2, 0.25) is 5.91 Å². The van der Waals surface area contributed by atoms with Crippen molar-refractivity contribution in [2.45, 2.75) is 25.9 Å². The fourth-order valence-corrected chi connectivity index (χ4v) is 2.20. The van der Waals surface area contributed by atoms with Gasteiger partial charge in [0.25, 0.3) is 0 Å². The summed E-state index contributed by atoms with van der Waals surface area (Å²) in [5.41, 5.74) is 1.94. The van der Waals surface area contributed by atoms with Crippen LogP contribution >= 0.6 is 0 Å². The number of hydrogen-bond acceptors (Lipinski definition) is 3. The fourth-order valence-electron chi connectivity index (χ4n) is 2.20. The number of ether oxygens (including phenoxy) is 2. The number of methoxy groups -OCH3 is 1. The summed E-state index contributed by atoms with van der Waals surface area (Å²) in [6.45, 7) is 3.32. The summed E-state index contributed by atoms with van der Waals surface area (Å²) in [7, 11) is 1.64. The van der Waals surface area contributed by atoms with Crippen LogP contribution in [0.3, 0.4) is 0 Å². The zero-order chi connectivity index (χ0) is 14.4.